The lowest BCUT2D eigenvalue weighted by Gasteiger charge is -2.24. The van der Waals surface area contributed by atoms with Crippen molar-refractivity contribution in [2.75, 3.05) is 12.0 Å². The first kappa shape index (κ1) is 14.4. The van der Waals surface area contributed by atoms with Gasteiger partial charge in [-0.3, -0.25) is 4.79 Å². The minimum Gasteiger partial charge on any atom is -0.379 e. The molecule has 1 aliphatic carbocycles. The first-order valence-corrected chi connectivity index (χ1v) is 8.03. The second kappa shape index (κ2) is 5.97. The van der Waals surface area contributed by atoms with Gasteiger partial charge in [-0.2, -0.15) is 11.8 Å². The fraction of sp³-hybridized carbons (Fsp3) is 0.533. The van der Waals surface area contributed by atoms with Crippen LogP contribution in [-0.2, 0) is 17.6 Å². The summed E-state index contributed by atoms with van der Waals surface area (Å²) < 4.78 is 0. The molecular weight excluding hydrogens is 258 g/mol. The fourth-order valence-electron chi connectivity index (χ4n) is 2.48. The van der Waals surface area contributed by atoms with Gasteiger partial charge in [-0.25, -0.2) is 0 Å². The van der Waals surface area contributed by atoms with Crippen molar-refractivity contribution in [2.24, 2.45) is 0 Å². The maximum Gasteiger partial charge on any atom is 0.252 e. The molecule has 1 aromatic rings. The van der Waals surface area contributed by atoms with Crippen molar-refractivity contribution in [3.63, 3.8) is 0 Å². The molecule has 0 saturated heterocycles. The molecule has 1 aromatic carbocycles. The first-order chi connectivity index (χ1) is 9.05. The van der Waals surface area contributed by atoms with Gasteiger partial charge in [0, 0.05) is 18.9 Å². The van der Waals surface area contributed by atoms with E-state index in [0.29, 0.717) is 12.8 Å². The van der Waals surface area contributed by atoms with E-state index in [9.17, 15) is 9.90 Å². The van der Waals surface area contributed by atoms with E-state index in [1.165, 1.54) is 0 Å². The highest BCUT2D eigenvalue weighted by atomic mass is 32.2. The average Bonchev–Trinajstić information content (AvgIpc) is 2.73. The molecule has 2 rings (SSSR count). The molecule has 0 saturated carbocycles. The third-order valence-electron chi connectivity index (χ3n) is 3.64. The van der Waals surface area contributed by atoms with Gasteiger partial charge in [0.05, 0.1) is 0 Å². The predicted octanol–water partition coefficient (Wildman–Crippen LogP) is 1.77. The number of thioether (sulfide) groups is 1. The second-order valence-electron chi connectivity index (χ2n) is 5.31. The van der Waals surface area contributed by atoms with Crippen molar-refractivity contribution in [1.82, 2.24) is 5.32 Å². The zero-order chi connectivity index (χ0) is 13.9. The van der Waals surface area contributed by atoms with E-state index >= 15 is 0 Å². The minimum atomic E-state index is -1.27. The number of nitrogens with one attached hydrogen (secondary N) is 1. The molecule has 1 atom stereocenters. The lowest BCUT2D eigenvalue weighted by atomic mass is 9.99. The van der Waals surface area contributed by atoms with Crippen molar-refractivity contribution in [2.45, 2.75) is 37.8 Å². The summed E-state index contributed by atoms with van der Waals surface area (Å²) in [6.45, 7) is 1.99. The highest BCUT2D eigenvalue weighted by Gasteiger charge is 2.42. The maximum atomic E-state index is 12.2. The average molecular weight is 279 g/mol. The van der Waals surface area contributed by atoms with Gasteiger partial charge in [0.15, 0.2) is 5.60 Å². The number of fused-ring (bicyclic) bond motifs is 1. The van der Waals surface area contributed by atoms with Crippen LogP contribution < -0.4 is 5.32 Å². The van der Waals surface area contributed by atoms with E-state index in [4.69, 9.17) is 0 Å². The quantitative estimate of drug-likeness (QED) is 0.863. The molecule has 0 aliphatic heterocycles. The Morgan fingerprint density at radius 1 is 1.42 bits per heavy atom. The van der Waals surface area contributed by atoms with Crippen molar-refractivity contribution in [3.8, 4) is 0 Å². The molecule has 1 amide bonds. The molecule has 2 N–H and O–H groups in total. The number of hydrogen-bond acceptors (Lipinski definition) is 3. The lowest BCUT2D eigenvalue weighted by molar-refractivity contribution is -0.139. The normalized spacial score (nSPS) is 17.8. The largest absolute Gasteiger partial charge is 0.379 e. The summed E-state index contributed by atoms with van der Waals surface area (Å²) in [5.41, 5.74) is 0.894. The second-order valence-corrected chi connectivity index (χ2v) is 6.30. The highest BCUT2D eigenvalue weighted by Crippen LogP contribution is 2.30. The number of carbonyl (C=O) groups excluding carboxylic acids is 1. The number of amides is 1. The Bertz CT molecular complexity index is 436. The number of carbonyl (C=O) groups is 1. The third kappa shape index (κ3) is 3.31. The molecule has 0 bridgehead atoms. The smallest absolute Gasteiger partial charge is 0.252 e. The van der Waals surface area contributed by atoms with Crippen LogP contribution in [0, 0.1) is 0 Å². The van der Waals surface area contributed by atoms with Crippen LogP contribution in [0.3, 0.4) is 0 Å². The Labute approximate surface area is 118 Å². The van der Waals surface area contributed by atoms with Crippen LogP contribution in [0.4, 0.5) is 0 Å². The summed E-state index contributed by atoms with van der Waals surface area (Å²) in [7, 11) is 0. The molecule has 3 nitrogen and oxygen atoms in total. The first-order valence-electron chi connectivity index (χ1n) is 6.64. The summed E-state index contributed by atoms with van der Waals surface area (Å²) in [6.07, 6.45) is 3.82. The molecule has 0 radical (unpaired) electrons. The summed E-state index contributed by atoms with van der Waals surface area (Å²) in [5.74, 6) is 0.775. The highest BCUT2D eigenvalue weighted by molar-refractivity contribution is 7.98. The lowest BCUT2D eigenvalue weighted by Crippen LogP contribution is -2.50. The summed E-state index contributed by atoms with van der Waals surface area (Å²) >= 11 is 1.76. The molecule has 0 unspecified atom stereocenters. The zero-order valence-electron chi connectivity index (χ0n) is 11.5. The molecule has 19 heavy (non-hydrogen) atoms. The van der Waals surface area contributed by atoms with Crippen LogP contribution in [0.2, 0.25) is 0 Å². The number of benzene rings is 1. The van der Waals surface area contributed by atoms with Crippen LogP contribution in [0.15, 0.2) is 24.3 Å². The Kier molecular flexibility index (Phi) is 4.53. The monoisotopic (exact) mass is 279 g/mol. The fourth-order valence-corrected chi connectivity index (χ4v) is 3.07. The molecule has 0 spiro atoms. The van der Waals surface area contributed by atoms with Gasteiger partial charge in [-0.05, 0) is 36.5 Å². The van der Waals surface area contributed by atoms with Gasteiger partial charge >= 0.3 is 0 Å². The van der Waals surface area contributed by atoms with Crippen LogP contribution in [0.25, 0.3) is 0 Å². The van der Waals surface area contributed by atoms with Crippen LogP contribution in [-0.4, -0.2) is 34.7 Å². The Balaban J connectivity index is 1.97. The van der Waals surface area contributed by atoms with Crippen molar-refractivity contribution < 1.29 is 9.90 Å². The summed E-state index contributed by atoms with van der Waals surface area (Å²) in [6, 6.07) is 7.97. The minimum absolute atomic E-state index is 0.104. The van der Waals surface area contributed by atoms with Gasteiger partial charge in [0.25, 0.3) is 5.91 Å². The van der Waals surface area contributed by atoms with E-state index in [-0.39, 0.29) is 11.9 Å². The van der Waals surface area contributed by atoms with Crippen LogP contribution in [0.1, 0.15) is 24.5 Å². The van der Waals surface area contributed by atoms with Gasteiger partial charge < -0.3 is 10.4 Å². The Hall–Kier alpha value is -1.00. The van der Waals surface area contributed by atoms with Crippen LogP contribution >= 0.6 is 11.8 Å². The van der Waals surface area contributed by atoms with Crippen LogP contribution in [0.5, 0.6) is 0 Å². The number of rotatable bonds is 5. The predicted molar refractivity (Wildman–Crippen MR) is 79.4 cm³/mol. The maximum absolute atomic E-state index is 12.2. The molecule has 1 aliphatic rings. The number of aliphatic hydroxyl groups is 1. The molecular formula is C15H21NO2S. The molecule has 0 fully saturated rings. The number of hydrogen-bond donors (Lipinski definition) is 2. The van der Waals surface area contributed by atoms with Crippen molar-refractivity contribution in [1.29, 1.82) is 0 Å². The summed E-state index contributed by atoms with van der Waals surface area (Å²) in [4.78, 5) is 12.2. The molecule has 4 heteroatoms. The zero-order valence-corrected chi connectivity index (χ0v) is 12.3. The molecule has 0 aromatic heterocycles. The standard InChI is InChI=1S/C15H21NO2S/c1-11(7-8-19-2)16-14(17)15(18)9-12-5-3-4-6-13(12)10-15/h3-6,11,18H,7-10H2,1-2H3,(H,16,17)/t11-/m0/s1. The van der Waals surface area contributed by atoms with Gasteiger partial charge in [-0.15, -0.1) is 0 Å². The Morgan fingerprint density at radius 2 is 2.00 bits per heavy atom. The van der Waals surface area contributed by atoms with E-state index in [2.05, 4.69) is 11.6 Å². The topological polar surface area (TPSA) is 49.3 Å². The van der Waals surface area contributed by atoms with E-state index in [1.807, 2.05) is 31.2 Å². The van der Waals surface area contributed by atoms with E-state index < -0.39 is 5.60 Å². The SMILES string of the molecule is CSCC[C@H](C)NC(=O)C1(O)Cc2ccccc2C1. The van der Waals surface area contributed by atoms with E-state index in [0.717, 1.165) is 23.3 Å². The van der Waals surface area contributed by atoms with E-state index in [1.54, 1.807) is 11.8 Å². The van der Waals surface area contributed by atoms with Crippen molar-refractivity contribution in [3.05, 3.63) is 35.4 Å². The molecule has 104 valence electrons. The third-order valence-corrected chi connectivity index (χ3v) is 4.28. The van der Waals surface area contributed by atoms with Gasteiger partial charge in [-0.1, -0.05) is 24.3 Å². The van der Waals surface area contributed by atoms with Gasteiger partial charge in [0.1, 0.15) is 0 Å². The van der Waals surface area contributed by atoms with Gasteiger partial charge in [0.2, 0.25) is 0 Å². The van der Waals surface area contributed by atoms with Crippen molar-refractivity contribution >= 4 is 17.7 Å². The molecule has 0 heterocycles. The Morgan fingerprint density at radius 3 is 2.53 bits per heavy atom. The summed E-state index contributed by atoms with van der Waals surface area (Å²) in [5, 5.41) is 13.5.